The first-order valence-corrected chi connectivity index (χ1v) is 6.34. The molecule has 0 amide bonds. The van der Waals surface area contributed by atoms with E-state index in [0.717, 1.165) is 12.0 Å². The molecule has 0 aliphatic heterocycles. The van der Waals surface area contributed by atoms with E-state index in [-0.39, 0.29) is 6.04 Å². The molecule has 0 aromatic heterocycles. The Hall–Kier alpha value is -0.910. The van der Waals surface area contributed by atoms with Gasteiger partial charge in [-0.3, -0.25) is 4.18 Å². The van der Waals surface area contributed by atoms with Crippen molar-refractivity contribution in [1.82, 2.24) is 0 Å². The minimum absolute atomic E-state index is 0.0554. The van der Waals surface area contributed by atoms with Crippen LogP contribution in [0.15, 0.2) is 30.3 Å². The molecule has 5 heteroatoms. The van der Waals surface area contributed by atoms with E-state index < -0.39 is 17.1 Å². The molecular formula is C11H17NO3S. The van der Waals surface area contributed by atoms with Crippen LogP contribution in [-0.2, 0) is 15.2 Å². The molecular weight excluding hydrogens is 226 g/mol. The lowest BCUT2D eigenvalue weighted by Gasteiger charge is -2.18. The Labute approximate surface area is 97.6 Å². The zero-order chi connectivity index (χ0) is 12.0. The largest absolute Gasteiger partial charge is 0.328 e. The molecule has 1 rings (SSSR count). The van der Waals surface area contributed by atoms with E-state index in [1.54, 1.807) is 0 Å². The summed E-state index contributed by atoms with van der Waals surface area (Å²) in [6, 6.07) is 9.19. The highest BCUT2D eigenvalue weighted by Gasteiger charge is 2.16. The molecule has 0 radical (unpaired) electrons. The molecule has 0 bridgehead atoms. The van der Waals surface area contributed by atoms with Gasteiger partial charge in [-0.05, 0) is 18.4 Å². The minimum Gasteiger partial charge on any atom is -0.328 e. The van der Waals surface area contributed by atoms with Crippen molar-refractivity contribution in [3.05, 3.63) is 35.9 Å². The molecule has 2 atom stereocenters. The third-order valence-corrected chi connectivity index (χ3v) is 2.85. The van der Waals surface area contributed by atoms with Crippen LogP contribution in [0.5, 0.6) is 0 Å². The Balaban J connectivity index is 2.79. The fourth-order valence-corrected chi connectivity index (χ4v) is 1.87. The van der Waals surface area contributed by atoms with Gasteiger partial charge in [-0.1, -0.05) is 37.3 Å². The Morgan fingerprint density at radius 2 is 1.94 bits per heavy atom. The third kappa shape index (κ3) is 4.30. The Kier molecular flexibility index (Phi) is 5.45. The number of nitrogens with two attached hydrogens (primary N) is 1. The number of benzene rings is 1. The fraction of sp³-hybridized carbons (Fsp3) is 0.455. The summed E-state index contributed by atoms with van der Waals surface area (Å²) in [6.45, 7) is 1.96. The maximum Gasteiger partial charge on any atom is 0.257 e. The number of thiol groups is 1. The van der Waals surface area contributed by atoms with Gasteiger partial charge in [0.2, 0.25) is 0 Å². The van der Waals surface area contributed by atoms with E-state index in [1.807, 2.05) is 37.3 Å². The molecule has 0 saturated carbocycles. The Bertz CT molecular complexity index is 370. The smallest absolute Gasteiger partial charge is 0.257 e. The van der Waals surface area contributed by atoms with E-state index in [4.69, 9.17) is 9.92 Å². The van der Waals surface area contributed by atoms with Crippen LogP contribution < -0.4 is 5.73 Å². The van der Waals surface area contributed by atoms with E-state index in [1.165, 1.54) is 0 Å². The van der Waals surface area contributed by atoms with Gasteiger partial charge in [0.1, 0.15) is 6.10 Å². The van der Waals surface area contributed by atoms with Crippen molar-refractivity contribution in [2.45, 2.75) is 31.9 Å². The van der Waals surface area contributed by atoms with E-state index in [9.17, 15) is 8.42 Å². The van der Waals surface area contributed by atoms with Gasteiger partial charge in [0.25, 0.3) is 11.0 Å². The second-order valence-corrected chi connectivity index (χ2v) is 4.29. The molecule has 0 fully saturated rings. The van der Waals surface area contributed by atoms with Gasteiger partial charge >= 0.3 is 0 Å². The van der Waals surface area contributed by atoms with E-state index in [2.05, 4.69) is 0 Å². The lowest BCUT2D eigenvalue weighted by Crippen LogP contribution is -2.22. The molecule has 16 heavy (non-hydrogen) atoms. The summed E-state index contributed by atoms with van der Waals surface area (Å²) >= 11 is 0. The van der Waals surface area contributed by atoms with Crippen LogP contribution in [0.2, 0.25) is 0 Å². The predicted molar refractivity (Wildman–Crippen MR) is 63.5 cm³/mol. The SMILES string of the molecule is CCC(N)CC(O[SH](=O)=O)c1ccccc1. The highest BCUT2D eigenvalue weighted by atomic mass is 32.2. The average Bonchev–Trinajstić information content (AvgIpc) is 2.28. The maximum absolute atomic E-state index is 10.6. The molecule has 1 aromatic rings. The Morgan fingerprint density at radius 1 is 1.31 bits per heavy atom. The van der Waals surface area contributed by atoms with Crippen molar-refractivity contribution in [3.8, 4) is 0 Å². The second-order valence-electron chi connectivity index (χ2n) is 3.63. The summed E-state index contributed by atoms with van der Waals surface area (Å²) in [5.41, 5.74) is 6.65. The maximum atomic E-state index is 10.6. The summed E-state index contributed by atoms with van der Waals surface area (Å²) in [4.78, 5) is 0. The molecule has 0 spiro atoms. The summed E-state index contributed by atoms with van der Waals surface area (Å²) in [5.74, 6) is 0. The topological polar surface area (TPSA) is 69.4 Å². The molecule has 0 saturated heterocycles. The van der Waals surface area contributed by atoms with E-state index >= 15 is 0 Å². The van der Waals surface area contributed by atoms with Crippen molar-refractivity contribution >= 4 is 11.0 Å². The van der Waals surface area contributed by atoms with Gasteiger partial charge in [0, 0.05) is 6.04 Å². The lowest BCUT2D eigenvalue weighted by atomic mass is 10.0. The third-order valence-electron chi connectivity index (χ3n) is 2.43. The van der Waals surface area contributed by atoms with Crippen molar-refractivity contribution in [1.29, 1.82) is 0 Å². The van der Waals surface area contributed by atoms with Crippen molar-refractivity contribution in [2.75, 3.05) is 0 Å². The summed E-state index contributed by atoms with van der Waals surface area (Å²) in [7, 11) is -2.85. The summed E-state index contributed by atoms with van der Waals surface area (Å²) < 4.78 is 26.1. The highest BCUT2D eigenvalue weighted by Crippen LogP contribution is 2.22. The van der Waals surface area contributed by atoms with Gasteiger partial charge in [-0.2, -0.15) is 0 Å². The van der Waals surface area contributed by atoms with Crippen LogP contribution in [0.25, 0.3) is 0 Å². The lowest BCUT2D eigenvalue weighted by molar-refractivity contribution is 0.200. The number of rotatable bonds is 6. The number of hydrogen-bond acceptors (Lipinski definition) is 4. The standard InChI is InChI=1S/C11H17NO3S/c1-2-10(12)8-11(15-16(13)14)9-6-4-3-5-7-9/h3-7,10-11,16H,2,8,12H2,1H3. The van der Waals surface area contributed by atoms with Gasteiger partial charge < -0.3 is 5.73 Å². The predicted octanol–water partition coefficient (Wildman–Crippen LogP) is 1.40. The van der Waals surface area contributed by atoms with Gasteiger partial charge in [0.05, 0.1) is 0 Å². The van der Waals surface area contributed by atoms with E-state index in [0.29, 0.717) is 6.42 Å². The molecule has 0 aliphatic rings. The van der Waals surface area contributed by atoms with Gasteiger partial charge in [-0.25, -0.2) is 8.42 Å². The highest BCUT2D eigenvalue weighted by molar-refractivity contribution is 7.67. The quantitative estimate of drug-likeness (QED) is 0.741. The molecule has 90 valence electrons. The first-order chi connectivity index (χ1) is 7.63. The zero-order valence-electron chi connectivity index (χ0n) is 9.20. The average molecular weight is 243 g/mol. The summed E-state index contributed by atoms with van der Waals surface area (Å²) in [5, 5.41) is 0. The van der Waals surface area contributed by atoms with Crippen LogP contribution in [0.3, 0.4) is 0 Å². The zero-order valence-corrected chi connectivity index (χ0v) is 10.1. The molecule has 1 aromatic carbocycles. The summed E-state index contributed by atoms with van der Waals surface area (Å²) in [6.07, 6.45) is 0.823. The fourth-order valence-electron chi connectivity index (χ4n) is 1.45. The monoisotopic (exact) mass is 243 g/mol. The molecule has 4 nitrogen and oxygen atoms in total. The van der Waals surface area contributed by atoms with Crippen molar-refractivity contribution in [2.24, 2.45) is 5.73 Å². The van der Waals surface area contributed by atoms with Crippen molar-refractivity contribution < 1.29 is 12.6 Å². The van der Waals surface area contributed by atoms with Crippen LogP contribution in [-0.4, -0.2) is 14.5 Å². The van der Waals surface area contributed by atoms with Gasteiger partial charge in [-0.15, -0.1) is 0 Å². The molecule has 2 unspecified atom stereocenters. The van der Waals surface area contributed by atoms with Crippen LogP contribution in [0.1, 0.15) is 31.4 Å². The molecule has 0 heterocycles. The van der Waals surface area contributed by atoms with Crippen molar-refractivity contribution in [3.63, 3.8) is 0 Å². The Morgan fingerprint density at radius 3 is 2.44 bits per heavy atom. The van der Waals surface area contributed by atoms with Crippen LogP contribution >= 0.6 is 0 Å². The first-order valence-electron chi connectivity index (χ1n) is 5.25. The van der Waals surface area contributed by atoms with Crippen LogP contribution in [0, 0.1) is 0 Å². The minimum atomic E-state index is -2.85. The second kappa shape index (κ2) is 6.62. The molecule has 2 N–H and O–H groups in total. The van der Waals surface area contributed by atoms with Crippen LogP contribution in [0.4, 0.5) is 0 Å². The molecule has 0 aliphatic carbocycles. The number of hydrogen-bond donors (Lipinski definition) is 2. The first kappa shape index (κ1) is 13.2. The normalized spacial score (nSPS) is 14.9. The van der Waals surface area contributed by atoms with Gasteiger partial charge in [0.15, 0.2) is 0 Å².